The number of rotatable bonds is 7. The van der Waals surface area contributed by atoms with E-state index in [4.69, 9.17) is 0 Å². The van der Waals surface area contributed by atoms with Crippen LogP contribution in [0.5, 0.6) is 5.75 Å². The highest BCUT2D eigenvalue weighted by Gasteiger charge is 2.19. The summed E-state index contributed by atoms with van der Waals surface area (Å²) in [6.07, 6.45) is 0. The summed E-state index contributed by atoms with van der Waals surface area (Å²) in [6.45, 7) is 1.33. The molecule has 0 saturated heterocycles. The van der Waals surface area contributed by atoms with Gasteiger partial charge in [0.2, 0.25) is 0 Å². The van der Waals surface area contributed by atoms with Gasteiger partial charge in [-0.05, 0) is 25.5 Å². The van der Waals surface area contributed by atoms with Crippen molar-refractivity contribution >= 4 is 5.91 Å². The predicted octanol–water partition coefficient (Wildman–Crippen LogP) is 4.08. The lowest BCUT2D eigenvalue weighted by Gasteiger charge is -2.11. The van der Waals surface area contributed by atoms with Gasteiger partial charge in [-0.15, -0.1) is 0 Å². The van der Waals surface area contributed by atoms with Crippen LogP contribution < -0.4 is 10.1 Å². The van der Waals surface area contributed by atoms with Gasteiger partial charge in [0.05, 0.1) is 17.8 Å². The van der Waals surface area contributed by atoms with Crippen molar-refractivity contribution in [1.82, 2.24) is 15.1 Å². The lowest BCUT2D eigenvalue weighted by molar-refractivity contribution is -0.0504. The molecule has 0 bridgehead atoms. The number of nitrogens with one attached hydrogen (secondary N) is 1. The molecular weight excluding hydrogens is 364 g/mol. The van der Waals surface area contributed by atoms with Crippen molar-refractivity contribution in [3.05, 3.63) is 82.7 Å². The Morgan fingerprint density at radius 3 is 2.50 bits per heavy atom. The van der Waals surface area contributed by atoms with Crippen molar-refractivity contribution in [3.63, 3.8) is 0 Å². The Bertz CT molecular complexity index is 956. The average molecular weight is 385 g/mol. The highest BCUT2D eigenvalue weighted by Crippen LogP contribution is 2.21. The first kappa shape index (κ1) is 19.5. The topological polar surface area (TPSA) is 56.2 Å². The molecule has 0 unspecified atom stereocenters. The molecule has 0 radical (unpaired) electrons. The molecule has 3 rings (SSSR count). The number of alkyl halides is 2. The van der Waals surface area contributed by atoms with E-state index in [9.17, 15) is 13.6 Å². The van der Waals surface area contributed by atoms with Crippen LogP contribution in [0.25, 0.3) is 0 Å². The normalized spacial score (nSPS) is 10.9. The van der Waals surface area contributed by atoms with E-state index < -0.39 is 6.61 Å². The number of ether oxygens (including phenoxy) is 1. The number of aryl methyl sites for hydroxylation is 1. The molecule has 0 saturated carbocycles. The van der Waals surface area contributed by atoms with Crippen LogP contribution in [-0.2, 0) is 13.1 Å². The van der Waals surface area contributed by atoms with E-state index in [1.165, 1.54) is 6.07 Å². The minimum absolute atomic E-state index is 0.0472. The SMILES string of the molecule is Cc1nn(Cc2ccccc2)c(C)c1C(=O)NCc1ccccc1OC(F)F. The Kier molecular flexibility index (Phi) is 6.03. The first-order valence-electron chi connectivity index (χ1n) is 8.84. The number of amides is 1. The molecule has 0 spiro atoms. The summed E-state index contributed by atoms with van der Waals surface area (Å²) in [6, 6.07) is 16.2. The number of aromatic nitrogens is 2. The van der Waals surface area contributed by atoms with Gasteiger partial charge in [0.25, 0.3) is 5.91 Å². The standard InChI is InChI=1S/C21H21F2N3O2/c1-14-19(15(2)26(25-14)13-16-8-4-3-5-9-16)20(27)24-12-17-10-6-7-11-18(17)28-21(22)23/h3-11,21H,12-13H2,1-2H3,(H,24,27). The second kappa shape index (κ2) is 8.65. The lowest BCUT2D eigenvalue weighted by atomic mass is 10.1. The molecular formula is C21H21F2N3O2. The molecule has 7 heteroatoms. The van der Waals surface area contributed by atoms with Crippen LogP contribution in [-0.4, -0.2) is 22.3 Å². The highest BCUT2D eigenvalue weighted by atomic mass is 19.3. The summed E-state index contributed by atoms with van der Waals surface area (Å²) < 4.78 is 31.3. The number of carbonyl (C=O) groups is 1. The second-order valence-corrected chi connectivity index (χ2v) is 6.36. The predicted molar refractivity (Wildman–Crippen MR) is 101 cm³/mol. The molecule has 0 aliphatic carbocycles. The molecule has 5 nitrogen and oxygen atoms in total. The third-order valence-corrected chi connectivity index (χ3v) is 4.41. The average Bonchev–Trinajstić information content (AvgIpc) is 2.94. The van der Waals surface area contributed by atoms with Gasteiger partial charge in [-0.25, -0.2) is 0 Å². The molecule has 3 aromatic rings. The third kappa shape index (κ3) is 4.54. The summed E-state index contributed by atoms with van der Waals surface area (Å²) in [5, 5.41) is 7.24. The Morgan fingerprint density at radius 1 is 1.11 bits per heavy atom. The molecule has 0 atom stereocenters. The molecule has 0 aliphatic rings. The molecule has 1 aromatic heterocycles. The van der Waals surface area contributed by atoms with Gasteiger partial charge in [0.15, 0.2) is 0 Å². The van der Waals surface area contributed by atoms with Crippen molar-refractivity contribution in [3.8, 4) is 5.75 Å². The summed E-state index contributed by atoms with van der Waals surface area (Å²) in [5.41, 5.74) is 3.41. The molecule has 0 fully saturated rings. The van der Waals surface area contributed by atoms with Gasteiger partial charge >= 0.3 is 6.61 Å². The van der Waals surface area contributed by atoms with E-state index in [1.54, 1.807) is 29.8 Å². The van der Waals surface area contributed by atoms with Crippen molar-refractivity contribution in [2.45, 2.75) is 33.5 Å². The molecule has 146 valence electrons. The molecule has 0 aliphatic heterocycles. The minimum atomic E-state index is -2.92. The largest absolute Gasteiger partial charge is 0.434 e. The van der Waals surface area contributed by atoms with Crippen LogP contribution in [0.15, 0.2) is 54.6 Å². The zero-order valence-corrected chi connectivity index (χ0v) is 15.7. The van der Waals surface area contributed by atoms with Gasteiger partial charge in [-0.3, -0.25) is 9.48 Å². The number of benzene rings is 2. The summed E-state index contributed by atoms with van der Waals surface area (Å²) in [5.74, 6) is -0.257. The Morgan fingerprint density at radius 2 is 1.79 bits per heavy atom. The Hall–Kier alpha value is -3.22. The van der Waals surface area contributed by atoms with E-state index in [0.29, 0.717) is 23.4 Å². The second-order valence-electron chi connectivity index (χ2n) is 6.36. The first-order valence-corrected chi connectivity index (χ1v) is 8.84. The van der Waals surface area contributed by atoms with Gasteiger partial charge in [-0.2, -0.15) is 13.9 Å². The van der Waals surface area contributed by atoms with E-state index in [2.05, 4.69) is 15.2 Å². The maximum atomic E-state index is 12.7. The quantitative estimate of drug-likeness (QED) is 0.667. The number of halogens is 2. The van der Waals surface area contributed by atoms with Gasteiger partial charge in [-0.1, -0.05) is 48.5 Å². The van der Waals surface area contributed by atoms with Crippen molar-refractivity contribution in [2.24, 2.45) is 0 Å². The van der Waals surface area contributed by atoms with E-state index in [1.807, 2.05) is 37.3 Å². The van der Waals surface area contributed by atoms with Gasteiger partial charge < -0.3 is 10.1 Å². The Balaban J connectivity index is 1.73. The van der Waals surface area contributed by atoms with Crippen LogP contribution in [0.3, 0.4) is 0 Å². The molecule has 1 N–H and O–H groups in total. The van der Waals surface area contributed by atoms with Crippen LogP contribution in [0.2, 0.25) is 0 Å². The fourth-order valence-corrected chi connectivity index (χ4v) is 3.06. The fourth-order valence-electron chi connectivity index (χ4n) is 3.06. The van der Waals surface area contributed by atoms with Crippen molar-refractivity contribution in [2.75, 3.05) is 0 Å². The maximum absolute atomic E-state index is 12.7. The summed E-state index contributed by atoms with van der Waals surface area (Å²) in [7, 11) is 0. The van der Waals surface area contributed by atoms with Gasteiger partial charge in [0, 0.05) is 17.8 Å². The minimum Gasteiger partial charge on any atom is -0.434 e. The fraction of sp³-hybridized carbons (Fsp3) is 0.238. The molecule has 1 heterocycles. The Labute approximate surface area is 161 Å². The number of para-hydroxylation sites is 1. The van der Waals surface area contributed by atoms with Crippen LogP contribution in [0, 0.1) is 13.8 Å². The maximum Gasteiger partial charge on any atom is 0.387 e. The van der Waals surface area contributed by atoms with Crippen LogP contribution in [0.1, 0.15) is 32.9 Å². The smallest absolute Gasteiger partial charge is 0.387 e. The highest BCUT2D eigenvalue weighted by molar-refractivity contribution is 5.96. The van der Waals surface area contributed by atoms with Crippen LogP contribution >= 0.6 is 0 Å². The van der Waals surface area contributed by atoms with Crippen molar-refractivity contribution < 1.29 is 18.3 Å². The summed E-state index contributed by atoms with van der Waals surface area (Å²) >= 11 is 0. The number of carbonyl (C=O) groups excluding carboxylic acids is 1. The van der Waals surface area contributed by atoms with E-state index >= 15 is 0 Å². The first-order chi connectivity index (χ1) is 13.5. The van der Waals surface area contributed by atoms with Crippen molar-refractivity contribution in [1.29, 1.82) is 0 Å². The molecule has 1 amide bonds. The number of nitrogens with zero attached hydrogens (tertiary/aromatic N) is 2. The number of hydrogen-bond donors (Lipinski definition) is 1. The van der Waals surface area contributed by atoms with Crippen LogP contribution in [0.4, 0.5) is 8.78 Å². The monoisotopic (exact) mass is 385 g/mol. The van der Waals surface area contributed by atoms with Gasteiger partial charge in [0.1, 0.15) is 5.75 Å². The third-order valence-electron chi connectivity index (χ3n) is 4.41. The summed E-state index contributed by atoms with van der Waals surface area (Å²) in [4.78, 5) is 12.7. The van der Waals surface area contributed by atoms with E-state index in [-0.39, 0.29) is 18.2 Å². The molecule has 28 heavy (non-hydrogen) atoms. The zero-order valence-electron chi connectivity index (χ0n) is 15.7. The van der Waals surface area contributed by atoms with E-state index in [0.717, 1.165) is 11.3 Å². The molecule has 2 aromatic carbocycles. The lowest BCUT2D eigenvalue weighted by Crippen LogP contribution is -2.24. The number of hydrogen-bond acceptors (Lipinski definition) is 3. The zero-order chi connectivity index (χ0) is 20.1.